The van der Waals surface area contributed by atoms with Gasteiger partial charge in [0.15, 0.2) is 5.82 Å². The lowest BCUT2D eigenvalue weighted by atomic mass is 10.2. The van der Waals surface area contributed by atoms with E-state index in [0.29, 0.717) is 17.9 Å². The molecule has 4 rings (SSSR count). The van der Waals surface area contributed by atoms with Crippen LogP contribution in [0.25, 0.3) is 5.82 Å². The van der Waals surface area contributed by atoms with E-state index >= 15 is 0 Å². The van der Waals surface area contributed by atoms with Gasteiger partial charge in [-0.25, -0.2) is 14.6 Å². The highest BCUT2D eigenvalue weighted by Gasteiger charge is 2.14. The Labute approximate surface area is 180 Å². The highest BCUT2D eigenvalue weighted by Crippen LogP contribution is 2.29. The maximum atomic E-state index is 12.9. The number of halogens is 1. The number of benzene rings is 1. The van der Waals surface area contributed by atoms with Crippen LogP contribution < -0.4 is 5.32 Å². The molecule has 0 unspecified atom stereocenters. The molecule has 0 atom stereocenters. The first kappa shape index (κ1) is 19.4. The van der Waals surface area contributed by atoms with Crippen molar-refractivity contribution in [2.75, 3.05) is 0 Å². The lowest BCUT2D eigenvalue weighted by molar-refractivity contribution is 0.0948. The second-order valence-electron chi connectivity index (χ2n) is 6.03. The van der Waals surface area contributed by atoms with Gasteiger partial charge in [0.2, 0.25) is 0 Å². The standard InChI is InChI=1S/C21H16BrN5OS/c22-16-8-9-19(24-14-16)29-18-7-2-1-6-17(18)21(28)25-13-15-5-3-10-23-20(15)27-12-4-11-26-27/h1-12,14H,13H2,(H,25,28). The third-order valence-electron chi connectivity index (χ3n) is 4.07. The molecule has 3 heterocycles. The van der Waals surface area contributed by atoms with Crippen LogP contribution >= 0.6 is 27.7 Å². The summed E-state index contributed by atoms with van der Waals surface area (Å²) in [6.45, 7) is 0.345. The van der Waals surface area contributed by atoms with E-state index in [9.17, 15) is 4.79 Å². The van der Waals surface area contributed by atoms with Crippen molar-refractivity contribution < 1.29 is 4.79 Å². The minimum absolute atomic E-state index is 0.152. The van der Waals surface area contributed by atoms with Crippen molar-refractivity contribution in [3.63, 3.8) is 0 Å². The lowest BCUT2D eigenvalue weighted by Crippen LogP contribution is -2.24. The molecule has 6 nitrogen and oxygen atoms in total. The molecule has 0 aliphatic carbocycles. The number of carbonyl (C=O) groups excluding carboxylic acids is 1. The number of nitrogens with zero attached hydrogens (tertiary/aromatic N) is 4. The van der Waals surface area contributed by atoms with Crippen LogP contribution in [0.1, 0.15) is 15.9 Å². The number of carbonyl (C=O) groups is 1. The molecule has 3 aromatic heterocycles. The zero-order valence-electron chi connectivity index (χ0n) is 15.2. The first-order chi connectivity index (χ1) is 14.2. The molecule has 1 amide bonds. The quantitative estimate of drug-likeness (QED) is 0.453. The van der Waals surface area contributed by atoms with Crippen LogP contribution in [0.2, 0.25) is 0 Å². The summed E-state index contributed by atoms with van der Waals surface area (Å²) in [6.07, 6.45) is 6.97. The van der Waals surface area contributed by atoms with E-state index in [2.05, 4.69) is 36.3 Å². The van der Waals surface area contributed by atoms with Gasteiger partial charge in [0.05, 0.1) is 5.56 Å². The molecule has 0 aliphatic heterocycles. The number of amides is 1. The fourth-order valence-corrected chi connectivity index (χ4v) is 3.84. The molecule has 144 valence electrons. The Morgan fingerprint density at radius 3 is 2.72 bits per heavy atom. The van der Waals surface area contributed by atoms with Gasteiger partial charge in [-0.05, 0) is 52.3 Å². The van der Waals surface area contributed by atoms with Gasteiger partial charge >= 0.3 is 0 Å². The first-order valence-electron chi connectivity index (χ1n) is 8.81. The van der Waals surface area contributed by atoms with E-state index in [1.807, 2.05) is 60.8 Å². The van der Waals surface area contributed by atoms with E-state index in [1.165, 1.54) is 11.8 Å². The molecular formula is C21H16BrN5OS. The van der Waals surface area contributed by atoms with E-state index in [1.54, 1.807) is 23.3 Å². The summed E-state index contributed by atoms with van der Waals surface area (Å²) in [6, 6.07) is 16.9. The van der Waals surface area contributed by atoms with Crippen molar-refractivity contribution in [1.82, 2.24) is 25.1 Å². The second-order valence-corrected chi connectivity index (χ2v) is 8.01. The van der Waals surface area contributed by atoms with Gasteiger partial charge in [0.25, 0.3) is 5.91 Å². The largest absolute Gasteiger partial charge is 0.348 e. The van der Waals surface area contributed by atoms with Crippen molar-refractivity contribution in [3.05, 3.63) is 95.0 Å². The zero-order valence-corrected chi connectivity index (χ0v) is 17.6. The third-order valence-corrected chi connectivity index (χ3v) is 5.57. The van der Waals surface area contributed by atoms with Gasteiger partial charge in [-0.3, -0.25) is 4.79 Å². The SMILES string of the molecule is O=C(NCc1cccnc1-n1cccn1)c1ccccc1Sc1ccc(Br)cn1. The monoisotopic (exact) mass is 465 g/mol. The molecule has 0 aliphatic rings. The lowest BCUT2D eigenvalue weighted by Gasteiger charge is -2.12. The smallest absolute Gasteiger partial charge is 0.252 e. The molecule has 0 radical (unpaired) electrons. The maximum Gasteiger partial charge on any atom is 0.252 e. The second kappa shape index (κ2) is 9.02. The van der Waals surface area contributed by atoms with Crippen molar-refractivity contribution in [3.8, 4) is 5.82 Å². The van der Waals surface area contributed by atoms with Gasteiger partial charge in [0.1, 0.15) is 5.03 Å². The van der Waals surface area contributed by atoms with Gasteiger partial charge < -0.3 is 5.32 Å². The molecule has 29 heavy (non-hydrogen) atoms. The summed E-state index contributed by atoms with van der Waals surface area (Å²) < 4.78 is 2.60. The van der Waals surface area contributed by atoms with E-state index in [4.69, 9.17) is 0 Å². The molecular weight excluding hydrogens is 450 g/mol. The summed E-state index contributed by atoms with van der Waals surface area (Å²) in [5.74, 6) is 0.542. The Morgan fingerprint density at radius 1 is 1.03 bits per heavy atom. The predicted molar refractivity (Wildman–Crippen MR) is 115 cm³/mol. The Balaban J connectivity index is 1.51. The summed E-state index contributed by atoms with van der Waals surface area (Å²) in [5, 5.41) is 8.04. The average molecular weight is 466 g/mol. The fourth-order valence-electron chi connectivity index (χ4n) is 2.72. The summed E-state index contributed by atoms with van der Waals surface area (Å²) in [4.78, 5) is 22.5. The number of nitrogens with one attached hydrogen (secondary N) is 1. The molecule has 8 heteroatoms. The highest BCUT2D eigenvalue weighted by atomic mass is 79.9. The van der Waals surface area contributed by atoms with Gasteiger partial charge in [-0.15, -0.1) is 0 Å². The van der Waals surface area contributed by atoms with Crippen LogP contribution in [0.5, 0.6) is 0 Å². The Morgan fingerprint density at radius 2 is 1.93 bits per heavy atom. The van der Waals surface area contributed by atoms with Crippen molar-refractivity contribution in [2.24, 2.45) is 0 Å². The number of pyridine rings is 2. The molecule has 1 aromatic carbocycles. The van der Waals surface area contributed by atoms with Crippen LogP contribution in [0.4, 0.5) is 0 Å². The summed E-state index contributed by atoms with van der Waals surface area (Å²) in [5.41, 5.74) is 1.48. The summed E-state index contributed by atoms with van der Waals surface area (Å²) >= 11 is 4.84. The topological polar surface area (TPSA) is 72.7 Å². The Bertz CT molecular complexity index is 1120. The minimum atomic E-state index is -0.152. The molecule has 0 fully saturated rings. The minimum Gasteiger partial charge on any atom is -0.348 e. The van der Waals surface area contributed by atoms with Crippen LogP contribution in [0.3, 0.4) is 0 Å². The number of aromatic nitrogens is 4. The van der Waals surface area contributed by atoms with E-state index in [-0.39, 0.29) is 5.91 Å². The van der Waals surface area contributed by atoms with Crippen LogP contribution in [-0.2, 0) is 6.54 Å². The third kappa shape index (κ3) is 4.72. The van der Waals surface area contributed by atoms with Gasteiger partial charge in [-0.1, -0.05) is 30.0 Å². The van der Waals surface area contributed by atoms with Crippen LogP contribution in [0.15, 0.2) is 93.8 Å². The summed E-state index contributed by atoms with van der Waals surface area (Å²) in [7, 11) is 0. The van der Waals surface area contributed by atoms with Gasteiger partial charge in [0, 0.05) is 46.3 Å². The van der Waals surface area contributed by atoms with Crippen molar-refractivity contribution in [2.45, 2.75) is 16.5 Å². The van der Waals surface area contributed by atoms with E-state index in [0.717, 1.165) is 20.0 Å². The Kier molecular flexibility index (Phi) is 6.02. The van der Waals surface area contributed by atoms with Crippen LogP contribution in [0, 0.1) is 0 Å². The average Bonchev–Trinajstić information content (AvgIpc) is 3.29. The number of hydrogen-bond donors (Lipinski definition) is 1. The van der Waals surface area contributed by atoms with Crippen LogP contribution in [-0.4, -0.2) is 25.7 Å². The molecule has 4 aromatic rings. The first-order valence-corrected chi connectivity index (χ1v) is 10.4. The maximum absolute atomic E-state index is 12.9. The Hall–Kier alpha value is -2.97. The predicted octanol–water partition coefficient (Wildman–Crippen LogP) is 4.51. The molecule has 0 spiro atoms. The fraction of sp³-hybridized carbons (Fsp3) is 0.0476. The molecule has 0 saturated carbocycles. The number of rotatable bonds is 6. The van der Waals surface area contributed by atoms with E-state index < -0.39 is 0 Å². The zero-order chi connectivity index (χ0) is 20.1. The molecule has 0 saturated heterocycles. The van der Waals surface area contributed by atoms with Crippen molar-refractivity contribution >= 4 is 33.6 Å². The van der Waals surface area contributed by atoms with Gasteiger partial charge in [-0.2, -0.15) is 5.10 Å². The van der Waals surface area contributed by atoms with Crippen molar-refractivity contribution in [1.29, 1.82) is 0 Å². The molecule has 1 N–H and O–H groups in total. The number of hydrogen-bond acceptors (Lipinski definition) is 5. The molecule has 0 bridgehead atoms. The highest BCUT2D eigenvalue weighted by molar-refractivity contribution is 9.10. The normalized spacial score (nSPS) is 10.7.